The molecule has 0 spiro atoms. The number of halogens is 1. The number of unbranched alkanes of at least 4 members (excludes halogenated alkanes) is 1. The van der Waals surface area contributed by atoms with Crippen LogP contribution in [-0.4, -0.2) is 35.6 Å². The van der Waals surface area contributed by atoms with Crippen molar-refractivity contribution in [2.75, 3.05) is 25.0 Å². The lowest BCUT2D eigenvalue weighted by Crippen LogP contribution is -2.44. The Morgan fingerprint density at radius 1 is 1.23 bits per heavy atom. The second-order valence-electron chi connectivity index (χ2n) is 8.17. The fourth-order valence-electron chi connectivity index (χ4n) is 4.00. The number of aryl methyl sites for hydroxylation is 2. The molecule has 0 radical (unpaired) electrons. The molecular formula is C25H33FN4S. The number of thiocarbonyl (C=S) groups is 1. The van der Waals surface area contributed by atoms with Crippen LogP contribution >= 0.6 is 12.2 Å². The lowest BCUT2D eigenvalue weighted by atomic mass is 9.90. The SMILES string of the molecule is CCc1ccc(C(C)CCCCNC2=NCCN2C(=S)Nc2cccc(F)c2)c(C)c1. The number of anilines is 1. The van der Waals surface area contributed by atoms with Gasteiger partial charge in [0.05, 0.1) is 6.54 Å². The van der Waals surface area contributed by atoms with Crippen LogP contribution in [0.3, 0.4) is 0 Å². The molecule has 31 heavy (non-hydrogen) atoms. The van der Waals surface area contributed by atoms with E-state index in [9.17, 15) is 4.39 Å². The summed E-state index contributed by atoms with van der Waals surface area (Å²) in [7, 11) is 0. The fourth-order valence-corrected chi connectivity index (χ4v) is 4.29. The van der Waals surface area contributed by atoms with Crippen LogP contribution in [0.15, 0.2) is 47.5 Å². The first kappa shape index (κ1) is 23.2. The van der Waals surface area contributed by atoms with Crippen molar-refractivity contribution in [3.8, 4) is 0 Å². The van der Waals surface area contributed by atoms with Gasteiger partial charge in [-0.1, -0.05) is 44.5 Å². The molecule has 2 aromatic rings. The molecule has 0 saturated heterocycles. The highest BCUT2D eigenvalue weighted by atomic mass is 32.1. The Morgan fingerprint density at radius 2 is 2.06 bits per heavy atom. The van der Waals surface area contributed by atoms with Gasteiger partial charge < -0.3 is 10.6 Å². The predicted molar refractivity (Wildman–Crippen MR) is 132 cm³/mol. The molecule has 0 saturated carbocycles. The summed E-state index contributed by atoms with van der Waals surface area (Å²) in [6.45, 7) is 9.04. The minimum atomic E-state index is -0.285. The highest BCUT2D eigenvalue weighted by Crippen LogP contribution is 2.25. The van der Waals surface area contributed by atoms with E-state index in [1.807, 2.05) is 4.90 Å². The van der Waals surface area contributed by atoms with Gasteiger partial charge in [0.2, 0.25) is 0 Å². The summed E-state index contributed by atoms with van der Waals surface area (Å²) in [6.07, 6.45) is 4.49. The highest BCUT2D eigenvalue weighted by molar-refractivity contribution is 7.80. The number of rotatable bonds is 8. The third kappa shape index (κ3) is 6.50. The van der Waals surface area contributed by atoms with E-state index in [-0.39, 0.29) is 5.82 Å². The molecule has 0 fully saturated rings. The van der Waals surface area contributed by atoms with Crippen molar-refractivity contribution < 1.29 is 4.39 Å². The minimum absolute atomic E-state index is 0.285. The molecule has 6 heteroatoms. The van der Waals surface area contributed by atoms with Gasteiger partial charge in [-0.25, -0.2) is 4.39 Å². The van der Waals surface area contributed by atoms with Gasteiger partial charge >= 0.3 is 0 Å². The fraction of sp³-hybridized carbons (Fsp3) is 0.440. The van der Waals surface area contributed by atoms with Gasteiger partial charge in [-0.15, -0.1) is 0 Å². The molecule has 1 aliphatic rings. The van der Waals surface area contributed by atoms with Gasteiger partial charge in [0, 0.05) is 18.8 Å². The summed E-state index contributed by atoms with van der Waals surface area (Å²) in [6, 6.07) is 13.2. The van der Waals surface area contributed by atoms with Crippen LogP contribution in [0, 0.1) is 12.7 Å². The van der Waals surface area contributed by atoms with Gasteiger partial charge in [-0.2, -0.15) is 0 Å². The van der Waals surface area contributed by atoms with Gasteiger partial charge in [0.15, 0.2) is 11.1 Å². The zero-order valence-electron chi connectivity index (χ0n) is 18.7. The quantitative estimate of drug-likeness (QED) is 0.412. The molecule has 0 aromatic heterocycles. The van der Waals surface area contributed by atoms with E-state index in [2.05, 4.69) is 54.6 Å². The van der Waals surface area contributed by atoms with Gasteiger partial charge in [-0.05, 0) is 79.2 Å². The van der Waals surface area contributed by atoms with Crippen molar-refractivity contribution in [2.24, 2.45) is 4.99 Å². The maximum atomic E-state index is 13.4. The molecule has 3 rings (SSSR count). The summed E-state index contributed by atoms with van der Waals surface area (Å²) in [5.41, 5.74) is 4.92. The number of hydrogen-bond acceptors (Lipinski definition) is 3. The lowest BCUT2D eigenvalue weighted by molar-refractivity contribution is 0.583. The number of hydrogen-bond donors (Lipinski definition) is 2. The monoisotopic (exact) mass is 440 g/mol. The number of nitrogens with zero attached hydrogens (tertiary/aromatic N) is 2. The second-order valence-corrected chi connectivity index (χ2v) is 8.55. The zero-order chi connectivity index (χ0) is 22.2. The van der Waals surface area contributed by atoms with E-state index in [0.29, 0.717) is 23.3 Å². The minimum Gasteiger partial charge on any atom is -0.356 e. The van der Waals surface area contributed by atoms with E-state index < -0.39 is 0 Å². The van der Waals surface area contributed by atoms with Crippen LogP contribution in [0.25, 0.3) is 0 Å². The first-order valence-electron chi connectivity index (χ1n) is 11.2. The number of nitrogens with one attached hydrogen (secondary N) is 2. The summed E-state index contributed by atoms with van der Waals surface area (Å²) >= 11 is 5.51. The summed E-state index contributed by atoms with van der Waals surface area (Å²) in [5.74, 6) is 1.08. The van der Waals surface area contributed by atoms with Crippen molar-refractivity contribution in [2.45, 2.75) is 52.4 Å². The van der Waals surface area contributed by atoms with Gasteiger partial charge in [0.1, 0.15) is 5.82 Å². The molecule has 1 heterocycles. The van der Waals surface area contributed by atoms with Crippen molar-refractivity contribution in [3.05, 3.63) is 65.0 Å². The van der Waals surface area contributed by atoms with E-state index in [1.54, 1.807) is 12.1 Å². The Labute approximate surface area is 191 Å². The third-order valence-corrected chi connectivity index (χ3v) is 6.10. The molecule has 2 N–H and O–H groups in total. The normalized spacial score (nSPS) is 14.3. The zero-order valence-corrected chi connectivity index (χ0v) is 19.6. The van der Waals surface area contributed by atoms with Crippen LogP contribution in [0.2, 0.25) is 0 Å². The Balaban J connectivity index is 1.41. The van der Waals surface area contributed by atoms with Crippen LogP contribution in [0.1, 0.15) is 55.7 Å². The first-order chi connectivity index (χ1) is 15.0. The number of guanidine groups is 1. The summed E-state index contributed by atoms with van der Waals surface area (Å²) in [5, 5.41) is 7.06. The Morgan fingerprint density at radius 3 is 2.81 bits per heavy atom. The predicted octanol–water partition coefficient (Wildman–Crippen LogP) is 5.63. The molecule has 2 aromatic carbocycles. The standard InChI is InChI=1S/C25H33FN4S/c1-4-20-11-12-23(19(3)16-20)18(2)8-5-6-13-27-24-28-14-15-30(24)25(31)29-22-10-7-9-21(26)17-22/h7,9-12,16-18H,4-6,8,13-15H2,1-3H3,(H,27,28)(H,29,31). The summed E-state index contributed by atoms with van der Waals surface area (Å²) < 4.78 is 13.4. The van der Waals surface area contributed by atoms with E-state index in [1.165, 1.54) is 35.2 Å². The highest BCUT2D eigenvalue weighted by Gasteiger charge is 2.20. The maximum absolute atomic E-state index is 13.4. The van der Waals surface area contributed by atoms with Crippen molar-refractivity contribution in [1.29, 1.82) is 0 Å². The Bertz CT molecular complexity index is 927. The van der Waals surface area contributed by atoms with Crippen molar-refractivity contribution in [3.63, 3.8) is 0 Å². The summed E-state index contributed by atoms with van der Waals surface area (Å²) in [4.78, 5) is 6.48. The average Bonchev–Trinajstić information content (AvgIpc) is 3.22. The molecule has 1 atom stereocenters. The van der Waals surface area contributed by atoms with Crippen LogP contribution in [0.4, 0.5) is 10.1 Å². The molecule has 4 nitrogen and oxygen atoms in total. The van der Waals surface area contributed by atoms with Crippen LogP contribution in [0.5, 0.6) is 0 Å². The molecule has 0 aliphatic carbocycles. The van der Waals surface area contributed by atoms with Crippen molar-refractivity contribution in [1.82, 2.24) is 10.2 Å². The van der Waals surface area contributed by atoms with E-state index >= 15 is 0 Å². The van der Waals surface area contributed by atoms with Crippen molar-refractivity contribution >= 4 is 29.0 Å². The molecule has 0 amide bonds. The first-order valence-corrected chi connectivity index (χ1v) is 11.6. The van der Waals surface area contributed by atoms with Crippen LogP contribution < -0.4 is 10.6 Å². The molecule has 1 aliphatic heterocycles. The topological polar surface area (TPSA) is 39.7 Å². The Kier molecular flexibility index (Phi) is 8.41. The van der Waals surface area contributed by atoms with Gasteiger partial charge in [-0.3, -0.25) is 9.89 Å². The smallest absolute Gasteiger partial charge is 0.200 e. The largest absolute Gasteiger partial charge is 0.356 e. The molecule has 166 valence electrons. The molecule has 0 bridgehead atoms. The Hall–Kier alpha value is -2.47. The maximum Gasteiger partial charge on any atom is 0.200 e. The lowest BCUT2D eigenvalue weighted by Gasteiger charge is -2.22. The number of aliphatic imine (C=N–C) groups is 1. The van der Waals surface area contributed by atoms with E-state index in [0.717, 1.165) is 38.3 Å². The van der Waals surface area contributed by atoms with E-state index in [4.69, 9.17) is 12.2 Å². The molecular weight excluding hydrogens is 407 g/mol. The van der Waals surface area contributed by atoms with Gasteiger partial charge in [0.25, 0.3) is 0 Å². The average molecular weight is 441 g/mol. The molecule has 1 unspecified atom stereocenters. The second kappa shape index (κ2) is 11.2. The van der Waals surface area contributed by atoms with Crippen LogP contribution in [-0.2, 0) is 6.42 Å². The third-order valence-electron chi connectivity index (χ3n) is 5.78. The number of benzene rings is 2.